The highest BCUT2D eigenvalue weighted by atomic mass is 14.5. The van der Waals surface area contributed by atoms with Gasteiger partial charge in [0.2, 0.25) is 0 Å². The number of hydrogen-bond acceptors (Lipinski definition) is 2. The Morgan fingerprint density at radius 2 is 1.80 bits per heavy atom. The van der Waals surface area contributed by atoms with E-state index in [1.54, 1.807) is 6.08 Å². The largest absolute Gasteiger partial charge is 0.197 e. The Morgan fingerprint density at radius 3 is 2.27 bits per heavy atom. The summed E-state index contributed by atoms with van der Waals surface area (Å²) in [5, 5.41) is 18.5. The standard InChI is InChI=1S/C13H18N2/c1-2-3-9-13(10-14,11-15)12-7-5-4-6-8-12/h2,12H,1,3-9H2. The van der Waals surface area contributed by atoms with Gasteiger partial charge in [0.25, 0.3) is 0 Å². The lowest BCUT2D eigenvalue weighted by Crippen LogP contribution is -2.29. The molecule has 0 amide bonds. The second-order valence-electron chi connectivity index (χ2n) is 4.36. The Morgan fingerprint density at radius 1 is 1.20 bits per heavy atom. The van der Waals surface area contributed by atoms with E-state index < -0.39 is 5.41 Å². The molecule has 1 rings (SSSR count). The second kappa shape index (κ2) is 5.56. The van der Waals surface area contributed by atoms with Crippen molar-refractivity contribution in [1.82, 2.24) is 0 Å². The van der Waals surface area contributed by atoms with E-state index in [9.17, 15) is 10.5 Å². The van der Waals surface area contributed by atoms with Gasteiger partial charge >= 0.3 is 0 Å². The quantitative estimate of drug-likeness (QED) is 0.654. The molecule has 0 heterocycles. The maximum atomic E-state index is 9.25. The van der Waals surface area contributed by atoms with Crippen LogP contribution in [-0.2, 0) is 0 Å². The highest BCUT2D eigenvalue weighted by molar-refractivity contribution is 5.17. The van der Waals surface area contributed by atoms with Crippen molar-refractivity contribution >= 4 is 0 Å². The SMILES string of the molecule is C=CCCC(C#N)(C#N)C1CCCCC1. The summed E-state index contributed by atoms with van der Waals surface area (Å²) in [4.78, 5) is 0. The molecule has 1 aliphatic carbocycles. The van der Waals surface area contributed by atoms with Gasteiger partial charge in [0.15, 0.2) is 0 Å². The Hall–Kier alpha value is -1.28. The summed E-state index contributed by atoms with van der Waals surface area (Å²) in [6.07, 6.45) is 8.88. The minimum absolute atomic E-state index is 0.279. The van der Waals surface area contributed by atoms with Crippen molar-refractivity contribution in [3.8, 4) is 12.1 Å². The van der Waals surface area contributed by atoms with E-state index >= 15 is 0 Å². The van der Waals surface area contributed by atoms with E-state index in [1.165, 1.54) is 19.3 Å². The smallest absolute Gasteiger partial charge is 0.146 e. The normalized spacial score (nSPS) is 17.7. The molecule has 0 aromatic carbocycles. The summed E-state index contributed by atoms with van der Waals surface area (Å²) >= 11 is 0. The zero-order valence-corrected chi connectivity index (χ0v) is 9.21. The van der Waals surface area contributed by atoms with Gasteiger partial charge in [-0.25, -0.2) is 0 Å². The fourth-order valence-electron chi connectivity index (χ4n) is 2.45. The minimum atomic E-state index is -0.755. The average Bonchev–Trinajstić information content (AvgIpc) is 2.33. The van der Waals surface area contributed by atoms with Crippen molar-refractivity contribution in [3.63, 3.8) is 0 Å². The molecular weight excluding hydrogens is 184 g/mol. The van der Waals surface area contributed by atoms with Gasteiger partial charge in [0, 0.05) is 0 Å². The first-order valence-electron chi connectivity index (χ1n) is 5.72. The van der Waals surface area contributed by atoms with E-state index in [0.717, 1.165) is 19.3 Å². The number of nitriles is 2. The van der Waals surface area contributed by atoms with Crippen LogP contribution in [0, 0.1) is 34.0 Å². The number of nitrogens with zero attached hydrogens (tertiary/aromatic N) is 2. The molecule has 1 aliphatic rings. The molecule has 0 aromatic rings. The highest BCUT2D eigenvalue weighted by Crippen LogP contribution is 2.41. The third-order valence-electron chi connectivity index (χ3n) is 3.44. The molecule has 2 nitrogen and oxygen atoms in total. The summed E-state index contributed by atoms with van der Waals surface area (Å²) in [6, 6.07) is 4.52. The van der Waals surface area contributed by atoms with E-state index in [2.05, 4.69) is 18.7 Å². The number of hydrogen-bond donors (Lipinski definition) is 0. The first-order valence-corrected chi connectivity index (χ1v) is 5.72. The van der Waals surface area contributed by atoms with Crippen molar-refractivity contribution in [2.45, 2.75) is 44.9 Å². The molecule has 0 aliphatic heterocycles. The molecule has 0 aromatic heterocycles. The number of allylic oxidation sites excluding steroid dienone is 1. The highest BCUT2D eigenvalue weighted by Gasteiger charge is 2.39. The number of rotatable bonds is 4. The fourth-order valence-corrected chi connectivity index (χ4v) is 2.45. The lowest BCUT2D eigenvalue weighted by Gasteiger charge is -2.31. The van der Waals surface area contributed by atoms with Gasteiger partial charge in [-0.2, -0.15) is 10.5 Å². The molecule has 1 fully saturated rings. The molecule has 0 N–H and O–H groups in total. The zero-order valence-electron chi connectivity index (χ0n) is 9.21. The van der Waals surface area contributed by atoms with Crippen molar-refractivity contribution in [2.75, 3.05) is 0 Å². The second-order valence-corrected chi connectivity index (χ2v) is 4.36. The Balaban J connectivity index is 2.75. The first-order chi connectivity index (χ1) is 7.29. The third kappa shape index (κ3) is 2.60. The molecule has 0 atom stereocenters. The predicted molar refractivity (Wildman–Crippen MR) is 59.7 cm³/mol. The monoisotopic (exact) mass is 202 g/mol. The van der Waals surface area contributed by atoms with E-state index in [-0.39, 0.29) is 5.92 Å². The summed E-state index contributed by atoms with van der Waals surface area (Å²) in [6.45, 7) is 3.66. The van der Waals surface area contributed by atoms with Crippen LogP contribution in [-0.4, -0.2) is 0 Å². The summed E-state index contributed by atoms with van der Waals surface area (Å²) in [7, 11) is 0. The van der Waals surface area contributed by atoms with Crippen molar-refractivity contribution in [3.05, 3.63) is 12.7 Å². The third-order valence-corrected chi connectivity index (χ3v) is 3.44. The van der Waals surface area contributed by atoms with Crippen LogP contribution in [0.1, 0.15) is 44.9 Å². The minimum Gasteiger partial charge on any atom is -0.197 e. The Bertz CT molecular complexity index is 273. The topological polar surface area (TPSA) is 47.6 Å². The van der Waals surface area contributed by atoms with Crippen LogP contribution in [0.4, 0.5) is 0 Å². The average molecular weight is 202 g/mol. The van der Waals surface area contributed by atoms with E-state index in [4.69, 9.17) is 0 Å². The maximum absolute atomic E-state index is 9.25. The van der Waals surface area contributed by atoms with Crippen molar-refractivity contribution in [2.24, 2.45) is 11.3 Å². The molecule has 0 saturated heterocycles. The van der Waals surface area contributed by atoms with Crippen molar-refractivity contribution < 1.29 is 0 Å². The van der Waals surface area contributed by atoms with E-state index in [1.807, 2.05) is 0 Å². The molecule has 0 unspecified atom stereocenters. The van der Waals surface area contributed by atoms with Gasteiger partial charge < -0.3 is 0 Å². The van der Waals surface area contributed by atoms with Gasteiger partial charge in [-0.3, -0.25) is 0 Å². The molecular formula is C13H18N2. The molecule has 80 valence electrons. The Kier molecular flexibility index (Phi) is 4.37. The van der Waals surface area contributed by atoms with Gasteiger partial charge in [0.05, 0.1) is 12.1 Å². The van der Waals surface area contributed by atoms with Gasteiger partial charge in [-0.15, -0.1) is 6.58 Å². The van der Waals surface area contributed by atoms with Crippen LogP contribution in [0.15, 0.2) is 12.7 Å². The predicted octanol–water partition coefficient (Wildman–Crippen LogP) is 3.57. The molecule has 0 radical (unpaired) electrons. The summed E-state index contributed by atoms with van der Waals surface area (Å²) < 4.78 is 0. The van der Waals surface area contributed by atoms with Crippen LogP contribution in [0.3, 0.4) is 0 Å². The summed E-state index contributed by atoms with van der Waals surface area (Å²) in [5.74, 6) is 0.279. The molecule has 0 spiro atoms. The molecule has 15 heavy (non-hydrogen) atoms. The lowest BCUT2D eigenvalue weighted by atomic mass is 9.68. The van der Waals surface area contributed by atoms with Crippen LogP contribution < -0.4 is 0 Å². The van der Waals surface area contributed by atoms with Crippen molar-refractivity contribution in [1.29, 1.82) is 10.5 Å². The van der Waals surface area contributed by atoms with E-state index in [0.29, 0.717) is 6.42 Å². The maximum Gasteiger partial charge on any atom is 0.146 e. The molecule has 1 saturated carbocycles. The van der Waals surface area contributed by atoms with Gasteiger partial charge in [0.1, 0.15) is 5.41 Å². The van der Waals surface area contributed by atoms with Crippen LogP contribution in [0.2, 0.25) is 0 Å². The summed E-state index contributed by atoms with van der Waals surface area (Å²) in [5.41, 5.74) is -0.755. The van der Waals surface area contributed by atoms with Gasteiger partial charge in [-0.1, -0.05) is 25.3 Å². The molecule has 2 heteroatoms. The lowest BCUT2D eigenvalue weighted by molar-refractivity contribution is 0.223. The van der Waals surface area contributed by atoms with Crippen LogP contribution in [0.25, 0.3) is 0 Å². The van der Waals surface area contributed by atoms with Crippen LogP contribution >= 0.6 is 0 Å². The zero-order chi connectivity index (χ0) is 11.1. The first kappa shape index (κ1) is 11.8. The Labute approximate surface area is 92.2 Å². The van der Waals surface area contributed by atoms with Gasteiger partial charge in [-0.05, 0) is 31.6 Å². The molecule has 0 bridgehead atoms. The fraction of sp³-hybridized carbons (Fsp3) is 0.692. The van der Waals surface area contributed by atoms with Crippen LogP contribution in [0.5, 0.6) is 0 Å².